The Bertz CT molecular complexity index is 498. The summed E-state index contributed by atoms with van der Waals surface area (Å²) in [5.74, 6) is 1.38. The lowest BCUT2D eigenvalue weighted by Crippen LogP contribution is -2.13. The standard InChI is InChI=1S/C23H45N5O/c1-3-4-5-6-7-8-9-10-11-12-13-14-15-16-17-25-22-21(24)23(28-20-27-22)26-18-19-29-2/h20H,3-19,24H2,1-2H3,(H2,25,26,27,28). The van der Waals surface area contributed by atoms with Gasteiger partial charge in [0, 0.05) is 20.2 Å². The highest BCUT2D eigenvalue weighted by Gasteiger charge is 2.06. The molecule has 0 unspecified atom stereocenters. The van der Waals surface area contributed by atoms with Crippen molar-refractivity contribution in [3.63, 3.8) is 0 Å². The molecule has 6 heteroatoms. The van der Waals surface area contributed by atoms with E-state index >= 15 is 0 Å². The summed E-state index contributed by atoms with van der Waals surface area (Å²) in [6.07, 6.45) is 20.8. The Morgan fingerprint density at radius 3 is 1.66 bits per heavy atom. The molecule has 4 N–H and O–H groups in total. The monoisotopic (exact) mass is 407 g/mol. The van der Waals surface area contributed by atoms with Crippen LogP contribution in [0.5, 0.6) is 0 Å². The first kappa shape index (κ1) is 25.5. The third-order valence-corrected chi connectivity index (χ3v) is 5.31. The minimum atomic E-state index is 0.578. The largest absolute Gasteiger partial charge is 0.393 e. The fourth-order valence-corrected chi connectivity index (χ4v) is 3.48. The summed E-state index contributed by atoms with van der Waals surface area (Å²) in [6, 6.07) is 0. The third-order valence-electron chi connectivity index (χ3n) is 5.31. The molecule has 0 spiro atoms. The van der Waals surface area contributed by atoms with Gasteiger partial charge in [-0.2, -0.15) is 0 Å². The van der Waals surface area contributed by atoms with E-state index in [1.807, 2.05) is 0 Å². The summed E-state index contributed by atoms with van der Waals surface area (Å²) in [7, 11) is 1.68. The van der Waals surface area contributed by atoms with Crippen molar-refractivity contribution in [1.29, 1.82) is 0 Å². The van der Waals surface area contributed by atoms with Crippen molar-refractivity contribution in [2.45, 2.75) is 96.8 Å². The highest BCUT2D eigenvalue weighted by molar-refractivity contribution is 5.73. The van der Waals surface area contributed by atoms with Crippen molar-refractivity contribution < 1.29 is 4.74 Å². The van der Waals surface area contributed by atoms with Crippen LogP contribution in [0.15, 0.2) is 6.33 Å². The average Bonchev–Trinajstić information content (AvgIpc) is 2.73. The topological polar surface area (TPSA) is 85.1 Å². The van der Waals surface area contributed by atoms with Crippen LogP contribution >= 0.6 is 0 Å². The second kappa shape index (κ2) is 18.5. The highest BCUT2D eigenvalue weighted by Crippen LogP contribution is 2.22. The van der Waals surface area contributed by atoms with E-state index in [0.717, 1.165) is 18.8 Å². The van der Waals surface area contributed by atoms with Crippen molar-refractivity contribution in [1.82, 2.24) is 9.97 Å². The number of anilines is 3. The molecule has 0 aliphatic carbocycles. The second-order valence-electron chi connectivity index (χ2n) is 7.93. The minimum absolute atomic E-state index is 0.578. The molecule has 0 aromatic carbocycles. The SMILES string of the molecule is CCCCCCCCCCCCCCCCNc1ncnc(NCCOC)c1N. The van der Waals surface area contributed by atoms with Crippen molar-refractivity contribution in [2.75, 3.05) is 43.2 Å². The maximum absolute atomic E-state index is 6.14. The van der Waals surface area contributed by atoms with E-state index in [0.29, 0.717) is 24.7 Å². The smallest absolute Gasteiger partial charge is 0.154 e. The number of hydrogen-bond donors (Lipinski definition) is 3. The quantitative estimate of drug-likeness (QED) is 0.229. The molecule has 0 bridgehead atoms. The van der Waals surface area contributed by atoms with Crippen LogP contribution in [0.4, 0.5) is 17.3 Å². The molecule has 29 heavy (non-hydrogen) atoms. The summed E-state index contributed by atoms with van der Waals surface area (Å²) in [6.45, 7) is 4.47. The van der Waals surface area contributed by atoms with Crippen LogP contribution in [-0.4, -0.2) is 36.8 Å². The van der Waals surface area contributed by atoms with Crippen molar-refractivity contribution in [2.24, 2.45) is 0 Å². The number of nitrogens with one attached hydrogen (secondary N) is 2. The lowest BCUT2D eigenvalue weighted by molar-refractivity contribution is 0.210. The van der Waals surface area contributed by atoms with Gasteiger partial charge < -0.3 is 21.1 Å². The van der Waals surface area contributed by atoms with Gasteiger partial charge in [0.05, 0.1) is 6.61 Å². The van der Waals surface area contributed by atoms with Gasteiger partial charge in [-0.15, -0.1) is 0 Å². The van der Waals surface area contributed by atoms with E-state index in [2.05, 4.69) is 27.5 Å². The maximum Gasteiger partial charge on any atom is 0.154 e. The van der Waals surface area contributed by atoms with Crippen molar-refractivity contribution >= 4 is 17.3 Å². The molecule has 0 amide bonds. The zero-order valence-corrected chi connectivity index (χ0v) is 19.0. The predicted molar refractivity (Wildman–Crippen MR) is 126 cm³/mol. The van der Waals surface area contributed by atoms with Crippen molar-refractivity contribution in [3.8, 4) is 0 Å². The van der Waals surface area contributed by atoms with Crippen LogP contribution in [0, 0.1) is 0 Å². The molecular formula is C23H45N5O. The fourth-order valence-electron chi connectivity index (χ4n) is 3.48. The van der Waals surface area contributed by atoms with Crippen LogP contribution in [0.2, 0.25) is 0 Å². The van der Waals surface area contributed by atoms with Gasteiger partial charge in [-0.3, -0.25) is 0 Å². The van der Waals surface area contributed by atoms with E-state index in [4.69, 9.17) is 10.5 Å². The molecule has 0 radical (unpaired) electrons. The van der Waals surface area contributed by atoms with Gasteiger partial charge in [0.15, 0.2) is 11.6 Å². The first-order valence-electron chi connectivity index (χ1n) is 11.9. The molecule has 0 atom stereocenters. The number of nitrogens with two attached hydrogens (primary N) is 1. The first-order valence-corrected chi connectivity index (χ1v) is 11.9. The van der Waals surface area contributed by atoms with Gasteiger partial charge in [0.1, 0.15) is 12.0 Å². The average molecular weight is 408 g/mol. The van der Waals surface area contributed by atoms with Gasteiger partial charge >= 0.3 is 0 Å². The highest BCUT2D eigenvalue weighted by atomic mass is 16.5. The van der Waals surface area contributed by atoms with Crippen LogP contribution in [0.1, 0.15) is 96.8 Å². The Kier molecular flexibility index (Phi) is 16.2. The molecule has 6 nitrogen and oxygen atoms in total. The van der Waals surface area contributed by atoms with Crippen molar-refractivity contribution in [3.05, 3.63) is 6.33 Å². The maximum atomic E-state index is 6.14. The zero-order chi connectivity index (χ0) is 21.0. The minimum Gasteiger partial charge on any atom is -0.393 e. The molecule has 0 fully saturated rings. The second-order valence-corrected chi connectivity index (χ2v) is 7.93. The number of rotatable bonds is 20. The summed E-state index contributed by atoms with van der Waals surface area (Å²) in [5, 5.41) is 6.51. The molecule has 0 aliphatic rings. The van der Waals surface area contributed by atoms with Crippen LogP contribution in [-0.2, 0) is 4.74 Å². The first-order chi connectivity index (χ1) is 14.3. The fraction of sp³-hybridized carbons (Fsp3) is 0.826. The number of unbranched alkanes of at least 4 members (excludes halogenated alkanes) is 13. The summed E-state index contributed by atoms with van der Waals surface area (Å²) in [5.41, 5.74) is 6.71. The summed E-state index contributed by atoms with van der Waals surface area (Å²) >= 11 is 0. The molecular weight excluding hydrogens is 362 g/mol. The Labute approximate surface area is 178 Å². The molecule has 1 aromatic heterocycles. The van der Waals surface area contributed by atoms with E-state index in [1.54, 1.807) is 13.4 Å². The lowest BCUT2D eigenvalue weighted by Gasteiger charge is -2.12. The molecule has 1 rings (SSSR count). The van der Waals surface area contributed by atoms with Gasteiger partial charge in [-0.05, 0) is 6.42 Å². The Hall–Kier alpha value is -1.56. The summed E-state index contributed by atoms with van der Waals surface area (Å²) in [4.78, 5) is 8.44. The van der Waals surface area contributed by atoms with E-state index < -0.39 is 0 Å². The Morgan fingerprint density at radius 2 is 1.17 bits per heavy atom. The van der Waals surface area contributed by atoms with E-state index in [1.165, 1.54) is 83.5 Å². The number of nitrogens with zero attached hydrogens (tertiary/aromatic N) is 2. The van der Waals surface area contributed by atoms with Gasteiger partial charge in [0.2, 0.25) is 0 Å². The summed E-state index contributed by atoms with van der Waals surface area (Å²) < 4.78 is 5.03. The molecule has 168 valence electrons. The number of nitrogen functional groups attached to an aromatic ring is 1. The number of hydrogen-bond acceptors (Lipinski definition) is 6. The molecule has 0 saturated heterocycles. The predicted octanol–water partition coefficient (Wildman–Crippen LogP) is 6.01. The molecule has 1 heterocycles. The van der Waals surface area contributed by atoms with E-state index in [9.17, 15) is 0 Å². The Balaban J connectivity index is 1.95. The van der Waals surface area contributed by atoms with Crippen LogP contribution in [0.25, 0.3) is 0 Å². The third kappa shape index (κ3) is 13.3. The van der Waals surface area contributed by atoms with Gasteiger partial charge in [-0.1, -0.05) is 90.4 Å². The van der Waals surface area contributed by atoms with Crippen LogP contribution < -0.4 is 16.4 Å². The van der Waals surface area contributed by atoms with Gasteiger partial charge in [0.25, 0.3) is 0 Å². The molecule has 1 aromatic rings. The van der Waals surface area contributed by atoms with E-state index in [-0.39, 0.29) is 0 Å². The number of aromatic nitrogens is 2. The molecule has 0 saturated carbocycles. The normalized spacial score (nSPS) is 11.0. The Morgan fingerprint density at radius 1 is 0.724 bits per heavy atom. The van der Waals surface area contributed by atoms with Crippen LogP contribution in [0.3, 0.4) is 0 Å². The van der Waals surface area contributed by atoms with Gasteiger partial charge in [-0.25, -0.2) is 9.97 Å². The zero-order valence-electron chi connectivity index (χ0n) is 19.0. The molecule has 0 aliphatic heterocycles. The number of methoxy groups -OCH3 is 1. The lowest BCUT2D eigenvalue weighted by atomic mass is 10.0. The number of ether oxygens (including phenoxy) is 1.